The van der Waals surface area contributed by atoms with Crippen molar-refractivity contribution in [2.75, 3.05) is 9.80 Å². The number of benzene rings is 5. The predicted molar refractivity (Wildman–Crippen MR) is 149 cm³/mol. The summed E-state index contributed by atoms with van der Waals surface area (Å²) in [6.07, 6.45) is -1.29. The number of hydrogen-bond acceptors (Lipinski definition) is 4. The Hall–Kier alpha value is -5.36. The highest BCUT2D eigenvalue weighted by atomic mass is 16.6. The van der Waals surface area contributed by atoms with Gasteiger partial charge in [0.2, 0.25) is 0 Å². The molecule has 0 radical (unpaired) electrons. The van der Waals surface area contributed by atoms with Gasteiger partial charge in [-0.25, -0.2) is 19.4 Å². The van der Waals surface area contributed by atoms with Crippen LogP contribution in [0.4, 0.5) is 32.3 Å². The molecule has 0 aliphatic carbocycles. The van der Waals surface area contributed by atoms with Crippen molar-refractivity contribution >= 4 is 34.9 Å². The summed E-state index contributed by atoms with van der Waals surface area (Å²) in [5.74, 6) is 0.229. The maximum Gasteiger partial charge on any atom is 0.424 e. The molecule has 0 aliphatic rings. The summed E-state index contributed by atoms with van der Waals surface area (Å²) in [5.41, 5.74) is 2.55. The molecule has 0 bridgehead atoms. The van der Waals surface area contributed by atoms with E-state index in [1.165, 1.54) is 9.80 Å². The van der Waals surface area contributed by atoms with Gasteiger partial charge in [0.05, 0.1) is 22.7 Å². The van der Waals surface area contributed by atoms with E-state index >= 15 is 0 Å². The van der Waals surface area contributed by atoms with Crippen LogP contribution in [0.5, 0.6) is 11.5 Å². The van der Waals surface area contributed by atoms with E-state index < -0.39 is 12.2 Å². The first-order chi connectivity index (χ1) is 18.7. The number of hydrogen-bond donors (Lipinski definition) is 0. The lowest BCUT2D eigenvalue weighted by atomic mass is 10.2. The van der Waals surface area contributed by atoms with Crippen molar-refractivity contribution in [3.05, 3.63) is 146 Å². The fourth-order valence-electron chi connectivity index (χ4n) is 3.93. The van der Waals surface area contributed by atoms with E-state index in [4.69, 9.17) is 9.47 Å². The first-order valence-corrected chi connectivity index (χ1v) is 12.0. The van der Waals surface area contributed by atoms with Crippen LogP contribution < -0.4 is 19.3 Å². The van der Waals surface area contributed by atoms with Crippen LogP contribution in [0.25, 0.3) is 0 Å². The van der Waals surface area contributed by atoms with Crippen molar-refractivity contribution in [1.82, 2.24) is 0 Å². The number of amides is 2. The Labute approximate surface area is 220 Å². The standard InChI is InChI=1S/C32H24N2O4/c35-31(33(25-15-5-1-6-16-25)26-17-7-2-8-18-26)37-29-23-13-14-24-30(29)38-32(36)34(27-19-9-3-10-20-27)28-21-11-4-12-22-28/h1-24H. The van der Waals surface area contributed by atoms with E-state index in [1.807, 2.05) is 121 Å². The molecule has 2 amide bonds. The van der Waals surface area contributed by atoms with Crippen LogP contribution in [0.15, 0.2) is 146 Å². The Morgan fingerprint density at radius 2 is 0.605 bits per heavy atom. The van der Waals surface area contributed by atoms with Crippen LogP contribution in [0.3, 0.4) is 0 Å². The van der Waals surface area contributed by atoms with Crippen LogP contribution in [0, 0.1) is 0 Å². The molecule has 0 heterocycles. The summed E-state index contributed by atoms with van der Waals surface area (Å²) in [6, 6.07) is 43.4. The molecule has 5 aromatic carbocycles. The smallest absolute Gasteiger partial charge is 0.406 e. The van der Waals surface area contributed by atoms with E-state index in [1.54, 1.807) is 24.3 Å². The van der Waals surface area contributed by atoms with Gasteiger partial charge in [-0.1, -0.05) is 84.9 Å². The molecule has 186 valence electrons. The number of carbonyl (C=O) groups is 2. The van der Waals surface area contributed by atoms with Crippen LogP contribution in [0.2, 0.25) is 0 Å². The van der Waals surface area contributed by atoms with E-state index in [-0.39, 0.29) is 11.5 Å². The molecule has 0 fully saturated rings. The lowest BCUT2D eigenvalue weighted by Gasteiger charge is -2.24. The first kappa shape index (κ1) is 24.3. The van der Waals surface area contributed by atoms with E-state index in [2.05, 4.69) is 0 Å². The molecular weight excluding hydrogens is 476 g/mol. The minimum atomic E-state index is -0.645. The Morgan fingerprint density at radius 3 is 0.868 bits per heavy atom. The largest absolute Gasteiger partial charge is 0.424 e. The minimum absolute atomic E-state index is 0.115. The average molecular weight is 501 g/mol. The van der Waals surface area contributed by atoms with Gasteiger partial charge in [-0.15, -0.1) is 0 Å². The molecule has 6 heteroatoms. The lowest BCUT2D eigenvalue weighted by Crippen LogP contribution is -2.31. The van der Waals surface area contributed by atoms with Crippen molar-refractivity contribution in [2.45, 2.75) is 0 Å². The number of nitrogens with zero attached hydrogens (tertiary/aromatic N) is 2. The van der Waals surface area contributed by atoms with E-state index in [0.717, 1.165) is 0 Å². The number of rotatable bonds is 6. The van der Waals surface area contributed by atoms with Crippen LogP contribution >= 0.6 is 0 Å². The number of carbonyl (C=O) groups excluding carboxylic acids is 2. The zero-order chi connectivity index (χ0) is 26.2. The highest BCUT2D eigenvalue weighted by Crippen LogP contribution is 2.33. The number of ether oxygens (including phenoxy) is 2. The summed E-state index contributed by atoms with van der Waals surface area (Å²) in [6.45, 7) is 0. The van der Waals surface area contributed by atoms with Gasteiger partial charge >= 0.3 is 12.2 Å². The lowest BCUT2D eigenvalue weighted by molar-refractivity contribution is 0.200. The Bertz CT molecular complexity index is 1300. The summed E-state index contributed by atoms with van der Waals surface area (Å²) in [4.78, 5) is 29.9. The molecule has 5 aromatic rings. The quantitative estimate of drug-likeness (QED) is 0.235. The molecule has 0 N–H and O–H groups in total. The molecule has 0 aliphatic heterocycles. The molecule has 5 rings (SSSR count). The normalized spacial score (nSPS) is 10.3. The molecule has 6 nitrogen and oxygen atoms in total. The molecule has 0 aromatic heterocycles. The van der Waals surface area contributed by atoms with Gasteiger partial charge < -0.3 is 9.47 Å². The number of anilines is 4. The van der Waals surface area contributed by atoms with Gasteiger partial charge in [0.1, 0.15) is 0 Å². The fourth-order valence-corrected chi connectivity index (χ4v) is 3.93. The highest BCUT2D eigenvalue weighted by molar-refractivity contribution is 5.98. The fraction of sp³-hybridized carbons (Fsp3) is 0. The molecule has 0 atom stereocenters. The first-order valence-electron chi connectivity index (χ1n) is 12.0. The van der Waals surface area contributed by atoms with Gasteiger partial charge in [-0.2, -0.15) is 0 Å². The maximum atomic E-state index is 13.5. The van der Waals surface area contributed by atoms with Crippen molar-refractivity contribution in [3.63, 3.8) is 0 Å². The van der Waals surface area contributed by atoms with Crippen molar-refractivity contribution in [1.29, 1.82) is 0 Å². The van der Waals surface area contributed by atoms with Gasteiger partial charge in [0, 0.05) is 0 Å². The topological polar surface area (TPSA) is 59.1 Å². The SMILES string of the molecule is O=C(Oc1ccccc1OC(=O)N(c1ccccc1)c1ccccc1)N(c1ccccc1)c1ccccc1. The molecule has 0 saturated carbocycles. The Kier molecular flexibility index (Phi) is 7.42. The summed E-state index contributed by atoms with van der Waals surface area (Å²) in [5, 5.41) is 0. The van der Waals surface area contributed by atoms with Gasteiger partial charge in [0.15, 0.2) is 11.5 Å². The average Bonchev–Trinajstić information content (AvgIpc) is 2.97. The van der Waals surface area contributed by atoms with Crippen LogP contribution in [0.1, 0.15) is 0 Å². The summed E-state index contributed by atoms with van der Waals surface area (Å²) < 4.78 is 11.6. The minimum Gasteiger partial charge on any atom is -0.406 e. The summed E-state index contributed by atoms with van der Waals surface area (Å²) >= 11 is 0. The third-order valence-electron chi connectivity index (χ3n) is 5.67. The number of para-hydroxylation sites is 6. The van der Waals surface area contributed by atoms with Crippen LogP contribution in [-0.4, -0.2) is 12.2 Å². The molecule has 38 heavy (non-hydrogen) atoms. The van der Waals surface area contributed by atoms with Crippen molar-refractivity contribution in [3.8, 4) is 11.5 Å². The second-order valence-electron chi connectivity index (χ2n) is 8.20. The van der Waals surface area contributed by atoms with E-state index in [0.29, 0.717) is 22.7 Å². The summed E-state index contributed by atoms with van der Waals surface area (Å²) in [7, 11) is 0. The maximum absolute atomic E-state index is 13.5. The predicted octanol–water partition coefficient (Wildman–Crippen LogP) is 8.36. The molecular formula is C32H24N2O4. The molecule has 0 saturated heterocycles. The highest BCUT2D eigenvalue weighted by Gasteiger charge is 2.24. The molecule has 0 spiro atoms. The zero-order valence-corrected chi connectivity index (χ0v) is 20.4. The van der Waals surface area contributed by atoms with E-state index in [9.17, 15) is 9.59 Å². The third-order valence-corrected chi connectivity index (χ3v) is 5.67. The van der Waals surface area contributed by atoms with Gasteiger partial charge in [-0.3, -0.25) is 0 Å². The zero-order valence-electron chi connectivity index (χ0n) is 20.4. The second-order valence-corrected chi connectivity index (χ2v) is 8.20. The second kappa shape index (κ2) is 11.6. The van der Waals surface area contributed by atoms with Gasteiger partial charge in [-0.05, 0) is 60.7 Å². The van der Waals surface area contributed by atoms with Gasteiger partial charge in [0.25, 0.3) is 0 Å². The monoisotopic (exact) mass is 500 g/mol. The Balaban J connectivity index is 1.43. The van der Waals surface area contributed by atoms with Crippen LogP contribution in [-0.2, 0) is 0 Å². The van der Waals surface area contributed by atoms with Crippen molar-refractivity contribution in [2.24, 2.45) is 0 Å². The Morgan fingerprint density at radius 1 is 0.368 bits per heavy atom. The molecule has 0 unspecified atom stereocenters. The third kappa shape index (κ3) is 5.55. The van der Waals surface area contributed by atoms with Crippen molar-refractivity contribution < 1.29 is 19.1 Å².